The number of aromatic nitrogens is 2. The molecule has 2 aromatic heterocycles. The molecule has 1 aliphatic carbocycles. The predicted octanol–water partition coefficient (Wildman–Crippen LogP) is 2.19. The Balaban J connectivity index is 1.73. The Kier molecular flexibility index (Phi) is 2.73. The van der Waals surface area contributed by atoms with Gasteiger partial charge in [0.2, 0.25) is 0 Å². The molecule has 4 nitrogen and oxygen atoms in total. The van der Waals surface area contributed by atoms with Crippen molar-refractivity contribution >= 4 is 0 Å². The largest absolute Gasteiger partial charge is 0.359 e. The minimum Gasteiger partial charge on any atom is -0.359 e. The first kappa shape index (κ1) is 10.6. The Morgan fingerprint density at radius 3 is 3.06 bits per heavy atom. The average Bonchev–Trinajstić information content (AvgIpc) is 2.86. The van der Waals surface area contributed by atoms with E-state index < -0.39 is 0 Å². The monoisotopic (exact) mass is 231 g/mol. The quantitative estimate of drug-likeness (QED) is 0.857. The van der Waals surface area contributed by atoms with Gasteiger partial charge in [0.25, 0.3) is 0 Å². The molecule has 0 aliphatic heterocycles. The fourth-order valence-corrected chi connectivity index (χ4v) is 2.35. The van der Waals surface area contributed by atoms with Crippen LogP contribution in [0.2, 0.25) is 0 Å². The minimum absolute atomic E-state index is 0.506. The van der Waals surface area contributed by atoms with Crippen LogP contribution in [0.25, 0.3) is 0 Å². The van der Waals surface area contributed by atoms with Crippen molar-refractivity contribution in [2.75, 3.05) is 7.05 Å². The van der Waals surface area contributed by atoms with E-state index in [-0.39, 0.29) is 0 Å². The van der Waals surface area contributed by atoms with Gasteiger partial charge in [0, 0.05) is 24.5 Å². The van der Waals surface area contributed by atoms with Crippen LogP contribution in [0.4, 0.5) is 0 Å². The molecule has 2 heterocycles. The number of hydrogen-bond donors (Lipinski definition) is 1. The van der Waals surface area contributed by atoms with Crippen LogP contribution in [0.5, 0.6) is 0 Å². The summed E-state index contributed by atoms with van der Waals surface area (Å²) in [6.45, 7) is 0.751. The van der Waals surface area contributed by atoms with Gasteiger partial charge >= 0.3 is 0 Å². The molecule has 1 unspecified atom stereocenters. The Hall–Kier alpha value is -1.55. The van der Waals surface area contributed by atoms with Crippen molar-refractivity contribution in [2.24, 2.45) is 5.92 Å². The van der Waals surface area contributed by atoms with Crippen molar-refractivity contribution in [1.29, 1.82) is 0 Å². The summed E-state index contributed by atoms with van der Waals surface area (Å²) in [5.41, 5.74) is 1.37. The Bertz CT molecular complexity index is 471. The first-order valence-corrected chi connectivity index (χ1v) is 6.09. The van der Waals surface area contributed by atoms with Crippen molar-refractivity contribution in [1.82, 2.24) is 15.0 Å². The summed E-state index contributed by atoms with van der Waals surface area (Å²) in [6.07, 6.45) is 8.67. The first-order valence-electron chi connectivity index (χ1n) is 6.09. The number of hydrogen-bond acceptors (Lipinski definition) is 3. The van der Waals surface area contributed by atoms with Crippen LogP contribution in [0.1, 0.15) is 30.2 Å². The SMILES string of the molecule is CNC(c1ccn(Cc2ccno2)c1)C1CC1. The van der Waals surface area contributed by atoms with Gasteiger partial charge in [0.05, 0.1) is 12.7 Å². The minimum atomic E-state index is 0.506. The van der Waals surface area contributed by atoms with Gasteiger partial charge in [-0.25, -0.2) is 0 Å². The van der Waals surface area contributed by atoms with Crippen molar-refractivity contribution < 1.29 is 4.52 Å². The van der Waals surface area contributed by atoms with Crippen LogP contribution in [0, 0.1) is 5.92 Å². The zero-order valence-corrected chi connectivity index (χ0v) is 9.97. The van der Waals surface area contributed by atoms with E-state index in [0.29, 0.717) is 6.04 Å². The predicted molar refractivity (Wildman–Crippen MR) is 64.6 cm³/mol. The summed E-state index contributed by atoms with van der Waals surface area (Å²) in [7, 11) is 2.04. The summed E-state index contributed by atoms with van der Waals surface area (Å²) < 4.78 is 7.25. The molecule has 1 saturated carbocycles. The normalized spacial score (nSPS) is 17.2. The van der Waals surface area contributed by atoms with E-state index in [9.17, 15) is 0 Å². The van der Waals surface area contributed by atoms with Crippen LogP contribution >= 0.6 is 0 Å². The fraction of sp³-hybridized carbons (Fsp3) is 0.462. The van der Waals surface area contributed by atoms with Gasteiger partial charge in [0.15, 0.2) is 5.76 Å². The molecule has 2 aromatic rings. The Labute approximate surface area is 101 Å². The highest BCUT2D eigenvalue weighted by Gasteiger charge is 2.31. The molecular weight excluding hydrogens is 214 g/mol. The molecule has 1 N–H and O–H groups in total. The molecule has 0 saturated heterocycles. The summed E-state index contributed by atoms with van der Waals surface area (Å²) in [5, 5.41) is 7.12. The molecule has 3 rings (SSSR count). The third kappa shape index (κ3) is 2.26. The smallest absolute Gasteiger partial charge is 0.156 e. The summed E-state index contributed by atoms with van der Waals surface area (Å²) in [5.74, 6) is 1.71. The van der Waals surface area contributed by atoms with Crippen molar-refractivity contribution in [3.63, 3.8) is 0 Å². The molecule has 1 atom stereocenters. The van der Waals surface area contributed by atoms with Crippen LogP contribution in [-0.2, 0) is 6.54 Å². The molecule has 0 amide bonds. The van der Waals surface area contributed by atoms with E-state index in [1.807, 2.05) is 13.1 Å². The Morgan fingerprint density at radius 1 is 1.53 bits per heavy atom. The van der Waals surface area contributed by atoms with Gasteiger partial charge in [-0.15, -0.1) is 0 Å². The molecule has 0 bridgehead atoms. The molecule has 4 heteroatoms. The lowest BCUT2D eigenvalue weighted by Crippen LogP contribution is -2.17. The van der Waals surface area contributed by atoms with Crippen molar-refractivity contribution in [2.45, 2.75) is 25.4 Å². The summed E-state index contributed by atoms with van der Waals surface area (Å²) >= 11 is 0. The molecule has 1 fully saturated rings. The molecule has 0 aromatic carbocycles. The number of nitrogens with one attached hydrogen (secondary N) is 1. The lowest BCUT2D eigenvalue weighted by atomic mass is 10.1. The van der Waals surface area contributed by atoms with Gasteiger partial charge in [-0.1, -0.05) is 5.16 Å². The number of rotatable bonds is 5. The van der Waals surface area contributed by atoms with E-state index in [1.54, 1.807) is 6.20 Å². The molecule has 0 radical (unpaired) electrons. The van der Waals surface area contributed by atoms with Crippen LogP contribution in [0.3, 0.4) is 0 Å². The highest BCUT2D eigenvalue weighted by Crippen LogP contribution is 2.40. The van der Waals surface area contributed by atoms with Crippen LogP contribution in [0.15, 0.2) is 35.2 Å². The van der Waals surface area contributed by atoms with Crippen LogP contribution in [-0.4, -0.2) is 16.8 Å². The average molecular weight is 231 g/mol. The van der Waals surface area contributed by atoms with E-state index >= 15 is 0 Å². The molecular formula is C13H17N3O. The summed E-state index contributed by atoms with van der Waals surface area (Å²) in [4.78, 5) is 0. The highest BCUT2D eigenvalue weighted by atomic mass is 16.5. The Morgan fingerprint density at radius 2 is 2.41 bits per heavy atom. The topological polar surface area (TPSA) is 43.0 Å². The van der Waals surface area contributed by atoms with Crippen molar-refractivity contribution in [3.8, 4) is 0 Å². The van der Waals surface area contributed by atoms with Gasteiger partial charge in [-0.2, -0.15) is 0 Å². The molecule has 17 heavy (non-hydrogen) atoms. The van der Waals surface area contributed by atoms with Gasteiger partial charge in [-0.3, -0.25) is 0 Å². The lowest BCUT2D eigenvalue weighted by Gasteiger charge is -2.13. The number of nitrogens with zero attached hydrogens (tertiary/aromatic N) is 2. The third-order valence-electron chi connectivity index (χ3n) is 3.37. The van der Waals surface area contributed by atoms with Crippen LogP contribution < -0.4 is 5.32 Å². The maximum Gasteiger partial charge on any atom is 0.156 e. The first-order chi connectivity index (χ1) is 8.36. The highest BCUT2D eigenvalue weighted by molar-refractivity contribution is 5.18. The molecule has 90 valence electrons. The van der Waals surface area contributed by atoms with Crippen molar-refractivity contribution in [3.05, 3.63) is 42.0 Å². The summed E-state index contributed by atoms with van der Waals surface area (Å²) in [6, 6.07) is 4.59. The lowest BCUT2D eigenvalue weighted by molar-refractivity contribution is 0.376. The van der Waals surface area contributed by atoms with E-state index in [4.69, 9.17) is 4.52 Å². The molecule has 1 aliphatic rings. The maximum absolute atomic E-state index is 5.11. The van der Waals surface area contributed by atoms with Gasteiger partial charge in [-0.05, 0) is 37.4 Å². The van der Waals surface area contributed by atoms with Gasteiger partial charge < -0.3 is 14.4 Å². The third-order valence-corrected chi connectivity index (χ3v) is 3.37. The second-order valence-corrected chi connectivity index (χ2v) is 4.70. The van der Waals surface area contributed by atoms with E-state index in [2.05, 4.69) is 33.5 Å². The second-order valence-electron chi connectivity index (χ2n) is 4.70. The standard InChI is InChI=1S/C13H17N3O/c1-14-13(10-2-3-10)11-5-7-16(8-11)9-12-4-6-15-17-12/h4-8,10,13-14H,2-3,9H2,1H3. The van der Waals surface area contributed by atoms with Gasteiger partial charge in [0.1, 0.15) is 0 Å². The fourth-order valence-electron chi connectivity index (χ4n) is 2.35. The van der Waals surface area contributed by atoms with E-state index in [0.717, 1.165) is 18.2 Å². The maximum atomic E-state index is 5.11. The molecule has 0 spiro atoms. The van der Waals surface area contributed by atoms with E-state index in [1.165, 1.54) is 18.4 Å². The zero-order valence-electron chi connectivity index (χ0n) is 9.97. The zero-order chi connectivity index (χ0) is 11.7. The second kappa shape index (κ2) is 4.37.